The van der Waals surface area contributed by atoms with Crippen LogP contribution in [0, 0.1) is 6.08 Å². The number of hydrogen-bond acceptors (Lipinski definition) is 0. The van der Waals surface area contributed by atoms with Crippen molar-refractivity contribution in [1.82, 2.24) is 0 Å². The number of halogens is 3. The summed E-state index contributed by atoms with van der Waals surface area (Å²) in [4.78, 5) is 0. The van der Waals surface area contributed by atoms with E-state index in [9.17, 15) is 0 Å². The third-order valence-corrected chi connectivity index (χ3v) is 7.16. The fourth-order valence-electron chi connectivity index (χ4n) is 3.95. The zero-order valence-corrected chi connectivity index (χ0v) is 20.2. The van der Waals surface area contributed by atoms with E-state index in [1.54, 1.807) is 10.8 Å². The smallest absolute Gasteiger partial charge is 1.00 e. The molecule has 0 aliphatic heterocycles. The zero-order chi connectivity index (χ0) is 14.9. The Morgan fingerprint density at radius 1 is 0.880 bits per heavy atom. The second-order valence-electron chi connectivity index (χ2n) is 7.68. The maximum atomic E-state index is 3.88. The summed E-state index contributed by atoms with van der Waals surface area (Å²) in [6.07, 6.45) is 14.2. The second-order valence-corrected chi connectivity index (χ2v) is 12.7. The Kier molecular flexibility index (Phi) is 12.6. The minimum atomic E-state index is -1.23. The molecule has 0 nitrogen and oxygen atoms in total. The summed E-state index contributed by atoms with van der Waals surface area (Å²) in [7, 11) is -1.23. The molecule has 3 rings (SSSR count). The molecular formula is C20H27Cl3SiTi. The maximum Gasteiger partial charge on any atom is 4.00 e. The van der Waals surface area contributed by atoms with Gasteiger partial charge in [0.05, 0.1) is 0 Å². The summed E-state index contributed by atoms with van der Waals surface area (Å²) in [5.74, 6) is 0. The molecule has 0 radical (unpaired) electrons. The van der Waals surface area contributed by atoms with Crippen molar-refractivity contribution in [2.24, 2.45) is 0 Å². The predicted molar refractivity (Wildman–Crippen MR) is 94.0 cm³/mol. The largest absolute Gasteiger partial charge is 4.00 e. The zero-order valence-electron chi connectivity index (χ0n) is 15.3. The Hall–Kier alpha value is 0.501. The first-order chi connectivity index (χ1) is 10.0. The quantitative estimate of drug-likeness (QED) is 0.338. The van der Waals surface area contributed by atoms with E-state index in [-0.39, 0.29) is 64.4 Å². The molecule has 0 unspecified atom stereocenters. The van der Waals surface area contributed by atoms with Gasteiger partial charge in [-0.2, -0.15) is 5.57 Å². The molecule has 136 valence electrons. The van der Waals surface area contributed by atoms with Crippen LogP contribution in [0.15, 0.2) is 47.2 Å². The summed E-state index contributed by atoms with van der Waals surface area (Å²) in [5.41, 5.74) is 3.38. The Balaban J connectivity index is 0. The first-order valence-electron chi connectivity index (χ1n) is 8.42. The molecule has 0 atom stereocenters. The van der Waals surface area contributed by atoms with Gasteiger partial charge in [-0.05, 0) is 23.8 Å². The molecule has 0 saturated heterocycles. The first kappa shape index (κ1) is 27.7. The summed E-state index contributed by atoms with van der Waals surface area (Å²) in [6.45, 7) is 7.31. The van der Waals surface area contributed by atoms with Gasteiger partial charge in [0.1, 0.15) is 0 Å². The van der Waals surface area contributed by atoms with Gasteiger partial charge in [-0.3, -0.25) is 6.08 Å². The van der Waals surface area contributed by atoms with Crippen molar-refractivity contribution < 1.29 is 58.9 Å². The molecule has 0 heterocycles. The van der Waals surface area contributed by atoms with Crippen LogP contribution in [0.2, 0.25) is 19.6 Å². The van der Waals surface area contributed by atoms with Crippen molar-refractivity contribution in [3.05, 3.63) is 58.8 Å². The minimum Gasteiger partial charge on any atom is -1.00 e. The summed E-state index contributed by atoms with van der Waals surface area (Å²) < 4.78 is 0. The topological polar surface area (TPSA) is 0 Å². The predicted octanol–water partition coefficient (Wildman–Crippen LogP) is -3.16. The van der Waals surface area contributed by atoms with Crippen molar-refractivity contribution >= 4 is 8.07 Å². The van der Waals surface area contributed by atoms with Crippen LogP contribution in [-0.4, -0.2) is 8.07 Å². The van der Waals surface area contributed by atoms with Gasteiger partial charge in [0, 0.05) is 8.07 Å². The average Bonchev–Trinajstić information content (AvgIpc) is 2.99. The van der Waals surface area contributed by atoms with Gasteiger partial charge in [-0.15, -0.1) is 0 Å². The van der Waals surface area contributed by atoms with E-state index in [1.807, 2.05) is 0 Å². The molecule has 1 aromatic carbocycles. The molecule has 1 aromatic rings. The number of rotatable bonds is 3. The molecule has 0 spiro atoms. The fraction of sp³-hybridized carbons (Fsp3) is 0.500. The van der Waals surface area contributed by atoms with Crippen molar-refractivity contribution in [2.75, 3.05) is 0 Å². The van der Waals surface area contributed by atoms with Crippen molar-refractivity contribution in [3.63, 3.8) is 0 Å². The van der Waals surface area contributed by atoms with Gasteiger partial charge in [0.15, 0.2) is 0 Å². The van der Waals surface area contributed by atoms with Crippen LogP contribution in [0.1, 0.15) is 44.1 Å². The molecule has 2 aliphatic rings. The van der Waals surface area contributed by atoms with E-state index in [1.165, 1.54) is 37.7 Å². The summed E-state index contributed by atoms with van der Waals surface area (Å²) in [5, 5.41) is 1.54. The van der Waals surface area contributed by atoms with Gasteiger partial charge in [-0.1, -0.05) is 75.7 Å². The van der Waals surface area contributed by atoms with Gasteiger partial charge in [0.25, 0.3) is 0 Å². The van der Waals surface area contributed by atoms with E-state index in [4.69, 9.17) is 0 Å². The number of hydrogen-bond donors (Lipinski definition) is 0. The minimum absolute atomic E-state index is 0. The van der Waals surface area contributed by atoms with E-state index in [0.29, 0.717) is 0 Å². The van der Waals surface area contributed by atoms with Crippen LogP contribution in [-0.2, 0) is 27.1 Å². The molecule has 25 heavy (non-hydrogen) atoms. The fourth-order valence-corrected chi connectivity index (χ4v) is 5.19. The van der Waals surface area contributed by atoms with Crippen LogP contribution in [0.4, 0.5) is 0 Å². The van der Waals surface area contributed by atoms with Crippen molar-refractivity contribution in [2.45, 2.75) is 63.6 Å². The van der Waals surface area contributed by atoms with E-state index >= 15 is 0 Å². The summed E-state index contributed by atoms with van der Waals surface area (Å²) in [6, 6.07) is 11.2. The third kappa shape index (κ3) is 5.99. The van der Waals surface area contributed by atoms with Crippen molar-refractivity contribution in [3.8, 4) is 0 Å². The first-order valence-corrected chi connectivity index (χ1v) is 11.9. The molecular weight excluding hydrogens is 423 g/mol. The van der Waals surface area contributed by atoms with Crippen LogP contribution >= 0.6 is 0 Å². The van der Waals surface area contributed by atoms with E-state index in [0.717, 1.165) is 6.42 Å². The standard InChI is InChI=1S/C20H27Si.3ClH.Ti/c1-21(2,3)19-13-12-18(16-19)20(14-8-5-9-15-20)17-10-6-4-7-11-17;;;;/h4,6-7,10-11,13H,5,8-9,12,14-15H2,1-3H3;3*1H;/q-1;;;;+4/p-3. The normalized spacial score (nSPS) is 18.4. The molecule has 5 heteroatoms. The van der Waals surface area contributed by atoms with Gasteiger partial charge in [-0.25, -0.2) is 11.3 Å². The van der Waals surface area contributed by atoms with E-state index in [2.05, 4.69) is 62.1 Å². The van der Waals surface area contributed by atoms with Gasteiger partial charge >= 0.3 is 21.7 Å². The molecule has 1 fully saturated rings. The van der Waals surface area contributed by atoms with Crippen LogP contribution in [0.25, 0.3) is 0 Å². The molecule has 1 saturated carbocycles. The van der Waals surface area contributed by atoms with E-state index < -0.39 is 8.07 Å². The molecule has 0 amide bonds. The Bertz CT molecular complexity index is 570. The van der Waals surface area contributed by atoms with Crippen molar-refractivity contribution in [1.29, 1.82) is 0 Å². The van der Waals surface area contributed by atoms with Crippen LogP contribution in [0.3, 0.4) is 0 Å². The molecule has 2 aliphatic carbocycles. The SMILES string of the molecule is C[Si](C)(C)C1=CCC(C2(c3ccccc3)CCCCC2)=[C-]1.[Cl-].[Cl-].[Cl-].[Ti+4]. The third-order valence-electron chi connectivity index (χ3n) is 5.22. The Morgan fingerprint density at radius 3 is 1.92 bits per heavy atom. The molecule has 0 bridgehead atoms. The average molecular weight is 450 g/mol. The Morgan fingerprint density at radius 2 is 1.44 bits per heavy atom. The summed E-state index contributed by atoms with van der Waals surface area (Å²) >= 11 is 0. The monoisotopic (exact) mass is 448 g/mol. The number of benzene rings is 1. The maximum absolute atomic E-state index is 3.88. The van der Waals surface area contributed by atoms with Gasteiger partial charge < -0.3 is 37.2 Å². The molecule has 0 N–H and O–H groups in total. The molecule has 0 aromatic heterocycles. The second kappa shape index (κ2) is 11.4. The van der Waals surface area contributed by atoms with Crippen LogP contribution in [0.5, 0.6) is 0 Å². The Labute approximate surface area is 188 Å². The number of allylic oxidation sites excluding steroid dienone is 4. The van der Waals surface area contributed by atoms with Gasteiger partial charge in [0.2, 0.25) is 0 Å². The van der Waals surface area contributed by atoms with Crippen LogP contribution < -0.4 is 37.2 Å².